The predicted molar refractivity (Wildman–Crippen MR) is 83.5 cm³/mol. The molecule has 1 aromatic rings. The second-order valence-electron chi connectivity index (χ2n) is 6.07. The molecule has 0 bridgehead atoms. The second-order valence-corrected chi connectivity index (χ2v) is 6.07. The van der Waals surface area contributed by atoms with Crippen molar-refractivity contribution in [3.8, 4) is 0 Å². The summed E-state index contributed by atoms with van der Waals surface area (Å²) in [6.45, 7) is 5.67. The Balaban J connectivity index is 2.45. The molecule has 0 aliphatic carbocycles. The molecule has 0 aromatic heterocycles. The van der Waals surface area contributed by atoms with Crippen LogP contribution in [-0.2, 0) is 20.8 Å². The highest BCUT2D eigenvalue weighted by atomic mass is 16.4. The SMILES string of the molecule is CC(C)(C)C(=O)NCCC(=O)Nc1cccc(CC(=O)O)c1. The Labute approximate surface area is 129 Å². The first-order valence-electron chi connectivity index (χ1n) is 7.07. The van der Waals surface area contributed by atoms with Gasteiger partial charge in [-0.25, -0.2) is 0 Å². The van der Waals surface area contributed by atoms with Crippen LogP contribution in [0.15, 0.2) is 24.3 Å². The second kappa shape index (κ2) is 7.59. The Bertz CT molecular complexity index is 562. The average molecular weight is 306 g/mol. The fourth-order valence-corrected chi connectivity index (χ4v) is 1.71. The van der Waals surface area contributed by atoms with Crippen LogP contribution in [0.2, 0.25) is 0 Å². The van der Waals surface area contributed by atoms with E-state index in [0.29, 0.717) is 11.3 Å². The number of carbonyl (C=O) groups is 3. The van der Waals surface area contributed by atoms with E-state index < -0.39 is 11.4 Å². The minimum Gasteiger partial charge on any atom is -0.481 e. The van der Waals surface area contributed by atoms with Crippen LogP contribution in [0.3, 0.4) is 0 Å². The van der Waals surface area contributed by atoms with Gasteiger partial charge in [-0.3, -0.25) is 14.4 Å². The van der Waals surface area contributed by atoms with Gasteiger partial charge < -0.3 is 15.7 Å². The molecule has 1 aromatic carbocycles. The van der Waals surface area contributed by atoms with Crippen LogP contribution < -0.4 is 10.6 Å². The zero-order chi connectivity index (χ0) is 16.8. The van der Waals surface area contributed by atoms with Gasteiger partial charge in [-0.1, -0.05) is 32.9 Å². The molecule has 0 fully saturated rings. The molecule has 0 heterocycles. The number of carbonyl (C=O) groups excluding carboxylic acids is 2. The van der Waals surface area contributed by atoms with Crippen LogP contribution >= 0.6 is 0 Å². The normalized spacial score (nSPS) is 10.9. The first-order valence-corrected chi connectivity index (χ1v) is 7.07. The number of hydrogen-bond acceptors (Lipinski definition) is 3. The molecular weight excluding hydrogens is 284 g/mol. The van der Waals surface area contributed by atoms with Gasteiger partial charge in [0.25, 0.3) is 0 Å². The largest absolute Gasteiger partial charge is 0.481 e. The maximum Gasteiger partial charge on any atom is 0.307 e. The standard InChI is InChI=1S/C16H22N2O4/c1-16(2,3)15(22)17-8-7-13(19)18-12-6-4-5-11(9-12)10-14(20)21/h4-6,9H,7-8,10H2,1-3H3,(H,17,22)(H,18,19)(H,20,21). The quantitative estimate of drug-likeness (QED) is 0.747. The lowest BCUT2D eigenvalue weighted by molar-refractivity contribution is -0.136. The van der Waals surface area contributed by atoms with Crippen molar-refractivity contribution in [1.82, 2.24) is 5.32 Å². The van der Waals surface area contributed by atoms with Crippen LogP contribution in [0.4, 0.5) is 5.69 Å². The van der Waals surface area contributed by atoms with Gasteiger partial charge in [0.2, 0.25) is 11.8 Å². The molecule has 0 unspecified atom stereocenters. The summed E-state index contributed by atoms with van der Waals surface area (Å²) < 4.78 is 0. The molecule has 22 heavy (non-hydrogen) atoms. The molecule has 0 aliphatic heterocycles. The van der Waals surface area contributed by atoms with E-state index in [-0.39, 0.29) is 31.2 Å². The maximum absolute atomic E-state index is 11.8. The van der Waals surface area contributed by atoms with Crippen molar-refractivity contribution in [2.24, 2.45) is 5.41 Å². The van der Waals surface area contributed by atoms with Gasteiger partial charge in [-0.2, -0.15) is 0 Å². The molecule has 0 aliphatic rings. The summed E-state index contributed by atoms with van der Waals surface area (Å²) in [4.78, 5) is 34.1. The summed E-state index contributed by atoms with van der Waals surface area (Å²) in [5, 5.41) is 14.1. The molecule has 6 nitrogen and oxygen atoms in total. The summed E-state index contributed by atoms with van der Waals surface area (Å²) in [6.07, 6.45) is 0.0658. The van der Waals surface area contributed by atoms with E-state index in [0.717, 1.165) is 0 Å². The third-order valence-corrected chi connectivity index (χ3v) is 2.88. The lowest BCUT2D eigenvalue weighted by atomic mass is 9.96. The minimum absolute atomic E-state index is 0.0919. The van der Waals surface area contributed by atoms with Gasteiger partial charge >= 0.3 is 5.97 Å². The Morgan fingerprint density at radius 3 is 2.45 bits per heavy atom. The number of benzene rings is 1. The highest BCUT2D eigenvalue weighted by molar-refractivity contribution is 5.91. The van der Waals surface area contributed by atoms with Crippen molar-refractivity contribution >= 4 is 23.5 Å². The first-order chi connectivity index (χ1) is 10.2. The van der Waals surface area contributed by atoms with Crippen LogP contribution in [0.25, 0.3) is 0 Å². The van der Waals surface area contributed by atoms with Crippen LogP contribution in [0.5, 0.6) is 0 Å². The van der Waals surface area contributed by atoms with Crippen molar-refractivity contribution in [3.05, 3.63) is 29.8 Å². The number of amides is 2. The monoisotopic (exact) mass is 306 g/mol. The molecule has 6 heteroatoms. The van der Waals surface area contributed by atoms with E-state index in [2.05, 4.69) is 10.6 Å². The van der Waals surface area contributed by atoms with Gasteiger partial charge in [0, 0.05) is 24.1 Å². The number of anilines is 1. The summed E-state index contributed by atoms with van der Waals surface area (Å²) in [7, 11) is 0. The summed E-state index contributed by atoms with van der Waals surface area (Å²) in [5.74, 6) is -1.26. The smallest absolute Gasteiger partial charge is 0.307 e. The number of hydrogen-bond donors (Lipinski definition) is 3. The van der Waals surface area contributed by atoms with Crippen molar-refractivity contribution in [2.45, 2.75) is 33.6 Å². The van der Waals surface area contributed by atoms with Crippen molar-refractivity contribution in [2.75, 3.05) is 11.9 Å². The van der Waals surface area contributed by atoms with Gasteiger partial charge in [0.15, 0.2) is 0 Å². The first kappa shape index (κ1) is 17.7. The van der Waals surface area contributed by atoms with E-state index in [9.17, 15) is 14.4 Å². The lowest BCUT2D eigenvalue weighted by Gasteiger charge is -2.17. The van der Waals surface area contributed by atoms with Gasteiger partial charge in [-0.15, -0.1) is 0 Å². The van der Waals surface area contributed by atoms with Crippen LogP contribution in [0.1, 0.15) is 32.8 Å². The topological polar surface area (TPSA) is 95.5 Å². The Kier molecular flexibility index (Phi) is 6.10. The van der Waals surface area contributed by atoms with Gasteiger partial charge in [0.1, 0.15) is 0 Å². The van der Waals surface area contributed by atoms with E-state index in [1.807, 2.05) is 0 Å². The fraction of sp³-hybridized carbons (Fsp3) is 0.438. The zero-order valence-corrected chi connectivity index (χ0v) is 13.1. The fourth-order valence-electron chi connectivity index (χ4n) is 1.71. The van der Waals surface area contributed by atoms with Gasteiger partial charge in [-0.05, 0) is 17.7 Å². The van der Waals surface area contributed by atoms with E-state index in [1.54, 1.807) is 45.0 Å². The molecule has 0 saturated carbocycles. The zero-order valence-electron chi connectivity index (χ0n) is 13.1. The molecule has 0 radical (unpaired) electrons. The highest BCUT2D eigenvalue weighted by Crippen LogP contribution is 2.13. The Morgan fingerprint density at radius 1 is 1.18 bits per heavy atom. The van der Waals surface area contributed by atoms with E-state index >= 15 is 0 Å². The average Bonchev–Trinajstić information content (AvgIpc) is 2.36. The number of carboxylic acids is 1. The minimum atomic E-state index is -0.923. The van der Waals surface area contributed by atoms with Crippen LogP contribution in [-0.4, -0.2) is 29.4 Å². The summed E-state index contributed by atoms with van der Waals surface area (Å²) in [5.41, 5.74) is 0.680. The van der Waals surface area contributed by atoms with Gasteiger partial charge in [0.05, 0.1) is 6.42 Å². The number of rotatable bonds is 6. The molecule has 3 N–H and O–H groups in total. The third-order valence-electron chi connectivity index (χ3n) is 2.88. The van der Waals surface area contributed by atoms with Crippen molar-refractivity contribution in [3.63, 3.8) is 0 Å². The summed E-state index contributed by atoms with van der Waals surface area (Å²) >= 11 is 0. The van der Waals surface area contributed by atoms with Crippen LogP contribution in [0, 0.1) is 5.41 Å². The van der Waals surface area contributed by atoms with Crippen molar-refractivity contribution in [1.29, 1.82) is 0 Å². The van der Waals surface area contributed by atoms with E-state index in [1.165, 1.54) is 0 Å². The number of nitrogens with one attached hydrogen (secondary N) is 2. The molecule has 0 saturated heterocycles. The molecular formula is C16H22N2O4. The molecule has 0 spiro atoms. The maximum atomic E-state index is 11.8. The molecule has 0 atom stereocenters. The molecule has 120 valence electrons. The predicted octanol–water partition coefficient (Wildman–Crippen LogP) is 1.80. The molecule has 1 rings (SSSR count). The highest BCUT2D eigenvalue weighted by Gasteiger charge is 2.20. The Morgan fingerprint density at radius 2 is 1.86 bits per heavy atom. The molecule has 2 amide bonds. The number of aliphatic carboxylic acids is 1. The lowest BCUT2D eigenvalue weighted by Crippen LogP contribution is -2.36. The van der Waals surface area contributed by atoms with E-state index in [4.69, 9.17) is 5.11 Å². The Hall–Kier alpha value is -2.37. The number of carboxylic acid groups (broad SMARTS) is 1. The third kappa shape index (κ3) is 6.39. The summed E-state index contributed by atoms with van der Waals surface area (Å²) in [6, 6.07) is 6.69. The van der Waals surface area contributed by atoms with Crippen molar-refractivity contribution < 1.29 is 19.5 Å².